The van der Waals surface area contributed by atoms with Crippen LogP contribution in [0.15, 0.2) is 48.7 Å². The maximum Gasteiger partial charge on any atom is 0.410 e. The van der Waals surface area contributed by atoms with Gasteiger partial charge in [0.25, 0.3) is 0 Å². The Morgan fingerprint density at radius 3 is 2.74 bits per heavy atom. The Hall–Kier alpha value is -3.39. The second-order valence-electron chi connectivity index (χ2n) is 11.3. The summed E-state index contributed by atoms with van der Waals surface area (Å²) in [6, 6.07) is 13.9. The van der Waals surface area contributed by atoms with E-state index in [1.165, 1.54) is 0 Å². The van der Waals surface area contributed by atoms with Crippen molar-refractivity contribution in [1.82, 2.24) is 20.2 Å². The number of nitrogens with one attached hydrogen (secondary N) is 1. The maximum atomic E-state index is 13.8. The van der Waals surface area contributed by atoms with Crippen molar-refractivity contribution in [3.8, 4) is 11.6 Å². The largest absolute Gasteiger partial charge is 0.491 e. The molecule has 0 spiro atoms. The zero-order valence-corrected chi connectivity index (χ0v) is 22.8. The molecule has 0 bridgehead atoms. The molecule has 4 heterocycles. The van der Waals surface area contributed by atoms with Gasteiger partial charge in [0, 0.05) is 30.1 Å². The zero-order chi connectivity index (χ0) is 26.7. The average Bonchev–Trinajstić information content (AvgIpc) is 3.33. The molecular formula is C30H38N4O4. The van der Waals surface area contributed by atoms with E-state index in [2.05, 4.69) is 22.4 Å². The van der Waals surface area contributed by atoms with Crippen LogP contribution in [0.4, 0.5) is 4.79 Å². The zero-order valence-electron chi connectivity index (χ0n) is 22.8. The molecule has 0 radical (unpaired) electrons. The number of carbonyl (C=O) groups excluding carboxylic acids is 1. The van der Waals surface area contributed by atoms with Gasteiger partial charge < -0.3 is 24.4 Å². The van der Waals surface area contributed by atoms with Gasteiger partial charge in [-0.05, 0) is 70.7 Å². The fraction of sp³-hybridized carbons (Fsp3) is 0.500. The molecule has 202 valence electrons. The van der Waals surface area contributed by atoms with E-state index in [-0.39, 0.29) is 18.1 Å². The van der Waals surface area contributed by atoms with Crippen LogP contribution >= 0.6 is 0 Å². The van der Waals surface area contributed by atoms with E-state index in [4.69, 9.17) is 19.2 Å². The molecule has 8 heteroatoms. The molecule has 1 fully saturated rings. The Labute approximate surface area is 224 Å². The molecule has 5 rings (SSSR count). The van der Waals surface area contributed by atoms with E-state index in [0.29, 0.717) is 24.9 Å². The fourth-order valence-electron chi connectivity index (χ4n) is 5.62. The number of methoxy groups -OCH3 is 1. The molecule has 2 aromatic heterocycles. The number of hydrogen-bond acceptors (Lipinski definition) is 7. The van der Waals surface area contributed by atoms with E-state index in [9.17, 15) is 4.79 Å². The summed E-state index contributed by atoms with van der Waals surface area (Å²) in [7, 11) is 1.62. The van der Waals surface area contributed by atoms with Crippen LogP contribution in [0.25, 0.3) is 11.0 Å². The van der Waals surface area contributed by atoms with Gasteiger partial charge in [-0.3, -0.25) is 4.98 Å². The SMILES string of the molecule is COc1ccc2ncc3c(c2n1)C(CC(C1CCCNC1)N(Cc1ccccc1)C(=O)OC(C)(C)C)CO3. The van der Waals surface area contributed by atoms with Crippen LogP contribution in [0, 0.1) is 5.92 Å². The molecule has 8 nitrogen and oxygen atoms in total. The number of piperidine rings is 1. The Bertz CT molecular complexity index is 1250. The minimum atomic E-state index is -0.590. The highest BCUT2D eigenvalue weighted by molar-refractivity contribution is 5.82. The summed E-state index contributed by atoms with van der Waals surface area (Å²) in [5.41, 5.74) is 3.15. The molecule has 1 amide bonds. The molecule has 1 saturated heterocycles. The smallest absolute Gasteiger partial charge is 0.410 e. The molecule has 3 unspecified atom stereocenters. The highest BCUT2D eigenvalue weighted by Crippen LogP contribution is 2.42. The number of fused-ring (bicyclic) bond motifs is 3. The van der Waals surface area contributed by atoms with Crippen molar-refractivity contribution >= 4 is 17.1 Å². The quantitative estimate of drug-likeness (QED) is 0.454. The average molecular weight is 519 g/mol. The minimum Gasteiger partial charge on any atom is -0.491 e. The lowest BCUT2D eigenvalue weighted by Crippen LogP contribution is -2.50. The molecule has 1 aromatic carbocycles. The van der Waals surface area contributed by atoms with Gasteiger partial charge in [0.1, 0.15) is 16.9 Å². The third-order valence-corrected chi connectivity index (χ3v) is 7.38. The van der Waals surface area contributed by atoms with Crippen LogP contribution in [0.1, 0.15) is 57.1 Å². The number of carbonyl (C=O) groups is 1. The van der Waals surface area contributed by atoms with Crippen molar-refractivity contribution in [1.29, 1.82) is 0 Å². The van der Waals surface area contributed by atoms with Gasteiger partial charge in [-0.2, -0.15) is 0 Å². The van der Waals surface area contributed by atoms with Crippen LogP contribution < -0.4 is 14.8 Å². The van der Waals surface area contributed by atoms with Crippen LogP contribution in [-0.2, 0) is 11.3 Å². The Kier molecular flexibility index (Phi) is 7.70. The van der Waals surface area contributed by atoms with Gasteiger partial charge >= 0.3 is 6.09 Å². The first kappa shape index (κ1) is 26.2. The molecule has 0 saturated carbocycles. The van der Waals surface area contributed by atoms with Gasteiger partial charge in [0.2, 0.25) is 5.88 Å². The molecule has 2 aliphatic heterocycles. The van der Waals surface area contributed by atoms with Crippen molar-refractivity contribution < 1.29 is 19.0 Å². The number of ether oxygens (including phenoxy) is 3. The number of aromatic nitrogens is 2. The summed E-state index contributed by atoms with van der Waals surface area (Å²) in [6.07, 6.45) is 4.38. The molecule has 0 aliphatic carbocycles. The van der Waals surface area contributed by atoms with E-state index in [1.54, 1.807) is 13.3 Å². The van der Waals surface area contributed by atoms with Gasteiger partial charge in [0.05, 0.1) is 25.4 Å². The third kappa shape index (κ3) is 5.85. The maximum absolute atomic E-state index is 13.8. The molecule has 2 aliphatic rings. The first-order chi connectivity index (χ1) is 18.3. The summed E-state index contributed by atoms with van der Waals surface area (Å²) >= 11 is 0. The monoisotopic (exact) mass is 518 g/mol. The number of benzene rings is 1. The van der Waals surface area contributed by atoms with Crippen molar-refractivity contribution in [3.63, 3.8) is 0 Å². The highest BCUT2D eigenvalue weighted by Gasteiger charge is 2.39. The lowest BCUT2D eigenvalue weighted by molar-refractivity contribution is 0.00250. The summed E-state index contributed by atoms with van der Waals surface area (Å²) in [6.45, 7) is 8.64. The number of nitrogens with zero attached hydrogens (tertiary/aromatic N) is 3. The molecule has 38 heavy (non-hydrogen) atoms. The van der Waals surface area contributed by atoms with Crippen LogP contribution in [0.2, 0.25) is 0 Å². The highest BCUT2D eigenvalue weighted by atomic mass is 16.6. The van der Waals surface area contributed by atoms with Crippen molar-refractivity contribution in [3.05, 3.63) is 59.8 Å². The van der Waals surface area contributed by atoms with E-state index in [0.717, 1.165) is 60.3 Å². The minimum absolute atomic E-state index is 0.0498. The van der Waals surface area contributed by atoms with E-state index >= 15 is 0 Å². The summed E-state index contributed by atoms with van der Waals surface area (Å²) in [4.78, 5) is 25.0. The lowest BCUT2D eigenvalue weighted by Gasteiger charge is -2.40. The Balaban J connectivity index is 1.53. The number of hydrogen-bond donors (Lipinski definition) is 1. The summed E-state index contributed by atoms with van der Waals surface area (Å²) in [5, 5.41) is 3.56. The second kappa shape index (κ2) is 11.2. The molecule has 3 atom stereocenters. The van der Waals surface area contributed by atoms with Crippen LogP contribution in [0.3, 0.4) is 0 Å². The van der Waals surface area contributed by atoms with Crippen molar-refractivity contribution in [2.75, 3.05) is 26.8 Å². The van der Waals surface area contributed by atoms with E-state index < -0.39 is 5.60 Å². The van der Waals surface area contributed by atoms with E-state index in [1.807, 2.05) is 56.0 Å². The van der Waals surface area contributed by atoms with Gasteiger partial charge in [-0.1, -0.05) is 30.3 Å². The van der Waals surface area contributed by atoms with Gasteiger partial charge in [0.15, 0.2) is 0 Å². The Morgan fingerprint density at radius 1 is 1.21 bits per heavy atom. The summed E-state index contributed by atoms with van der Waals surface area (Å²) in [5.74, 6) is 1.66. The predicted octanol–water partition coefficient (Wildman–Crippen LogP) is 5.31. The third-order valence-electron chi connectivity index (χ3n) is 7.38. The fourth-order valence-corrected chi connectivity index (χ4v) is 5.62. The van der Waals surface area contributed by atoms with Gasteiger partial charge in [-0.25, -0.2) is 9.78 Å². The van der Waals surface area contributed by atoms with Gasteiger partial charge in [-0.15, -0.1) is 0 Å². The van der Waals surface area contributed by atoms with Crippen LogP contribution in [0.5, 0.6) is 11.6 Å². The topological polar surface area (TPSA) is 85.8 Å². The normalized spacial score (nSPS) is 19.9. The number of amides is 1. The Morgan fingerprint density at radius 2 is 2.03 bits per heavy atom. The molecule has 1 N–H and O–H groups in total. The second-order valence-corrected chi connectivity index (χ2v) is 11.3. The summed E-state index contributed by atoms with van der Waals surface area (Å²) < 4.78 is 17.5. The molecule has 3 aromatic rings. The lowest BCUT2D eigenvalue weighted by atomic mass is 9.83. The number of rotatable bonds is 7. The first-order valence-electron chi connectivity index (χ1n) is 13.5. The predicted molar refractivity (Wildman–Crippen MR) is 147 cm³/mol. The van der Waals surface area contributed by atoms with Crippen molar-refractivity contribution in [2.24, 2.45) is 5.92 Å². The van der Waals surface area contributed by atoms with Crippen LogP contribution in [-0.4, -0.2) is 59.4 Å². The molecular weight excluding hydrogens is 480 g/mol. The number of pyridine rings is 2. The standard InChI is InChI=1S/C30H38N4O4/c1-30(2,3)38-29(35)34(18-20-9-6-5-7-10-20)24(21-11-8-14-31-16-21)15-22-19-37-25-17-32-23-12-13-26(36-4)33-28(23)27(22)25/h5-7,9-10,12-13,17,21-22,24,31H,8,11,14-16,18-19H2,1-4H3. The first-order valence-corrected chi connectivity index (χ1v) is 13.5. The van der Waals surface area contributed by atoms with Crippen molar-refractivity contribution in [2.45, 2.75) is 64.1 Å².